The molecule has 0 radical (unpaired) electrons. The van der Waals surface area contributed by atoms with E-state index in [1.165, 1.54) is 0 Å². The minimum Gasteiger partial charge on any atom is -0.478 e. The summed E-state index contributed by atoms with van der Waals surface area (Å²) >= 11 is 1.07. The number of carbonyl (C=O) groups excluding carboxylic acids is 1. The molecule has 0 saturated heterocycles. The second-order valence-corrected chi connectivity index (χ2v) is 10.2. The Morgan fingerprint density at radius 3 is 2.10 bits per heavy atom. The fraction of sp³-hybridized carbons (Fsp3) is 0.389. The molecule has 2 atom stereocenters. The van der Waals surface area contributed by atoms with Crippen molar-refractivity contribution in [2.45, 2.75) is 32.9 Å². The van der Waals surface area contributed by atoms with Gasteiger partial charge in [0, 0.05) is 24.4 Å². The molecule has 1 aromatic carbocycles. The number of carbonyl (C=O) groups is 3. The molecule has 12 heteroatoms. The van der Waals surface area contributed by atoms with E-state index in [0.29, 0.717) is 30.2 Å². The summed E-state index contributed by atoms with van der Waals surface area (Å²) in [6.07, 6.45) is 0.882. The highest BCUT2D eigenvalue weighted by Gasteiger charge is 2.31. The summed E-state index contributed by atoms with van der Waals surface area (Å²) in [6.45, 7) is 2.14. The van der Waals surface area contributed by atoms with E-state index in [2.05, 4.69) is 5.09 Å². The van der Waals surface area contributed by atoms with Crippen LogP contribution in [0.1, 0.15) is 20.8 Å². The Bertz CT molecular complexity index is 742. The zero-order valence-electron chi connectivity index (χ0n) is 16.9. The van der Waals surface area contributed by atoms with E-state index in [0.717, 1.165) is 11.4 Å². The molecule has 0 heterocycles. The molecule has 0 unspecified atom stereocenters. The SMILES string of the molecule is CC(C)OC(=O)[C@H](C)N[P@@](=O)(Oc1ccccc1)SCCN.O=C(O)/C=C/C(=O)O. The molecule has 0 amide bonds. The van der Waals surface area contributed by atoms with Crippen LogP contribution in [0.5, 0.6) is 5.75 Å². The van der Waals surface area contributed by atoms with E-state index in [4.69, 9.17) is 25.2 Å². The Labute approximate surface area is 179 Å². The Hall–Kier alpha value is -2.33. The van der Waals surface area contributed by atoms with Crippen LogP contribution in [-0.2, 0) is 23.7 Å². The number of rotatable bonds is 11. The third-order valence-corrected chi connectivity index (χ3v) is 6.79. The van der Waals surface area contributed by atoms with Crippen molar-refractivity contribution in [3.63, 3.8) is 0 Å². The van der Waals surface area contributed by atoms with Gasteiger partial charge in [-0.3, -0.25) is 4.79 Å². The first kappa shape index (κ1) is 27.7. The van der Waals surface area contributed by atoms with Gasteiger partial charge in [0.15, 0.2) is 0 Å². The smallest absolute Gasteiger partial charge is 0.375 e. The van der Waals surface area contributed by atoms with Gasteiger partial charge >= 0.3 is 24.6 Å². The lowest BCUT2D eigenvalue weighted by molar-refractivity contribution is -0.149. The number of ether oxygens (including phenoxy) is 1. The zero-order valence-corrected chi connectivity index (χ0v) is 18.6. The molecule has 0 spiro atoms. The molecule has 0 aliphatic carbocycles. The highest BCUT2D eigenvalue weighted by atomic mass is 32.7. The molecular weight excluding hydrogens is 435 g/mol. The molecule has 0 bridgehead atoms. The van der Waals surface area contributed by atoms with E-state index < -0.39 is 30.7 Å². The lowest BCUT2D eigenvalue weighted by Crippen LogP contribution is -2.35. The van der Waals surface area contributed by atoms with Crippen molar-refractivity contribution in [2.75, 3.05) is 12.3 Å². The molecule has 10 nitrogen and oxygen atoms in total. The van der Waals surface area contributed by atoms with Crippen molar-refractivity contribution in [3.05, 3.63) is 42.5 Å². The van der Waals surface area contributed by atoms with Crippen molar-refractivity contribution < 1.29 is 38.4 Å². The maximum atomic E-state index is 12.9. The summed E-state index contributed by atoms with van der Waals surface area (Å²) in [7, 11) is 0. The molecule has 0 fully saturated rings. The van der Waals surface area contributed by atoms with Gasteiger partial charge in [0.25, 0.3) is 0 Å². The van der Waals surface area contributed by atoms with Gasteiger partial charge in [-0.1, -0.05) is 18.2 Å². The van der Waals surface area contributed by atoms with Crippen LogP contribution in [0.2, 0.25) is 0 Å². The monoisotopic (exact) mass is 462 g/mol. The quantitative estimate of drug-likeness (QED) is 0.217. The summed E-state index contributed by atoms with van der Waals surface area (Å²) in [5.74, 6) is -2.07. The van der Waals surface area contributed by atoms with Gasteiger partial charge in [0.05, 0.1) is 6.10 Å². The number of hydrogen-bond acceptors (Lipinski definition) is 8. The summed E-state index contributed by atoms with van der Waals surface area (Å²) in [6, 6.07) is 8.05. The number of hydrogen-bond donors (Lipinski definition) is 4. The van der Waals surface area contributed by atoms with Crippen LogP contribution in [-0.4, -0.2) is 52.6 Å². The van der Waals surface area contributed by atoms with Crippen LogP contribution in [0, 0.1) is 0 Å². The fourth-order valence-corrected chi connectivity index (χ4v) is 5.31. The van der Waals surface area contributed by atoms with Crippen molar-refractivity contribution in [3.8, 4) is 5.75 Å². The van der Waals surface area contributed by atoms with Crippen LogP contribution < -0.4 is 15.3 Å². The van der Waals surface area contributed by atoms with E-state index in [1.54, 1.807) is 45.0 Å². The minimum atomic E-state index is -3.33. The van der Waals surface area contributed by atoms with Crippen molar-refractivity contribution in [2.24, 2.45) is 5.73 Å². The first-order valence-corrected chi connectivity index (χ1v) is 12.0. The Morgan fingerprint density at radius 1 is 1.13 bits per heavy atom. The van der Waals surface area contributed by atoms with Crippen LogP contribution in [0.25, 0.3) is 0 Å². The van der Waals surface area contributed by atoms with Gasteiger partial charge in [-0.25, -0.2) is 19.2 Å². The second-order valence-electron chi connectivity index (χ2n) is 5.87. The third-order valence-electron chi connectivity index (χ3n) is 2.77. The van der Waals surface area contributed by atoms with Crippen LogP contribution in [0.3, 0.4) is 0 Å². The molecule has 0 aromatic heterocycles. The average molecular weight is 462 g/mol. The largest absolute Gasteiger partial charge is 0.478 e. The van der Waals surface area contributed by atoms with Crippen molar-refractivity contribution >= 4 is 36.0 Å². The maximum absolute atomic E-state index is 12.9. The predicted octanol–water partition coefficient (Wildman–Crippen LogP) is 2.51. The summed E-state index contributed by atoms with van der Waals surface area (Å²) in [5, 5.41) is 18.4. The maximum Gasteiger partial charge on any atom is 0.375 e. The first-order chi connectivity index (χ1) is 14.0. The van der Waals surface area contributed by atoms with E-state index >= 15 is 0 Å². The van der Waals surface area contributed by atoms with Crippen molar-refractivity contribution in [1.82, 2.24) is 5.09 Å². The highest BCUT2D eigenvalue weighted by Crippen LogP contribution is 2.55. The summed E-state index contributed by atoms with van der Waals surface area (Å²) in [5.41, 5.74) is 5.47. The van der Waals surface area contributed by atoms with Crippen LogP contribution in [0.4, 0.5) is 0 Å². The van der Waals surface area contributed by atoms with Gasteiger partial charge in [-0.05, 0) is 44.3 Å². The number of aliphatic carboxylic acids is 2. The number of benzene rings is 1. The molecule has 168 valence electrons. The molecular formula is C18H27N2O8PS. The minimum absolute atomic E-state index is 0.233. The average Bonchev–Trinajstić information content (AvgIpc) is 2.65. The number of nitrogens with two attached hydrogens (primary N) is 1. The van der Waals surface area contributed by atoms with Gasteiger partial charge < -0.3 is 25.2 Å². The number of para-hydroxylation sites is 1. The topological polar surface area (TPSA) is 165 Å². The molecule has 0 saturated carbocycles. The summed E-state index contributed by atoms with van der Waals surface area (Å²) in [4.78, 5) is 31.0. The first-order valence-electron chi connectivity index (χ1n) is 8.80. The third kappa shape index (κ3) is 13.8. The summed E-state index contributed by atoms with van der Waals surface area (Å²) < 4.78 is 23.6. The number of esters is 1. The lowest BCUT2D eigenvalue weighted by Gasteiger charge is -2.23. The van der Waals surface area contributed by atoms with Gasteiger partial charge in [0.2, 0.25) is 0 Å². The molecule has 1 aromatic rings. The number of carboxylic acid groups (broad SMARTS) is 2. The molecule has 0 aliphatic heterocycles. The van der Waals surface area contributed by atoms with Crippen LogP contribution >= 0.6 is 18.1 Å². The fourth-order valence-electron chi connectivity index (χ4n) is 1.65. The Kier molecular flexibility index (Phi) is 13.5. The highest BCUT2D eigenvalue weighted by molar-refractivity contribution is 8.56. The van der Waals surface area contributed by atoms with Crippen LogP contribution in [0.15, 0.2) is 42.5 Å². The van der Waals surface area contributed by atoms with Gasteiger partial charge in [0.1, 0.15) is 11.8 Å². The normalized spacial score (nSPS) is 13.6. The molecule has 5 N–H and O–H groups in total. The standard InChI is InChI=1S/C14H23N2O4PS.C4H4O4/c1-11(2)19-14(17)12(3)16-21(18,22-10-9-15)20-13-7-5-4-6-8-13;5-3(6)1-2-4(7)8/h4-8,11-12H,9-10,15H2,1-3H3,(H,16,18);1-2H,(H,5,6)(H,7,8)/b;2-1+/t12-,21+;/m0./s1. The molecule has 1 rings (SSSR count). The predicted molar refractivity (Wildman–Crippen MR) is 114 cm³/mol. The van der Waals surface area contributed by atoms with Gasteiger partial charge in [-0.15, -0.1) is 0 Å². The van der Waals surface area contributed by atoms with E-state index in [1.807, 2.05) is 6.07 Å². The zero-order chi connectivity index (χ0) is 23.2. The Morgan fingerprint density at radius 2 is 1.67 bits per heavy atom. The second kappa shape index (κ2) is 14.6. The van der Waals surface area contributed by atoms with E-state index in [9.17, 15) is 18.9 Å². The van der Waals surface area contributed by atoms with Gasteiger partial charge in [-0.2, -0.15) is 0 Å². The van der Waals surface area contributed by atoms with Crippen molar-refractivity contribution in [1.29, 1.82) is 0 Å². The lowest BCUT2D eigenvalue weighted by atomic mass is 10.3. The molecule has 30 heavy (non-hydrogen) atoms. The molecule has 0 aliphatic rings. The van der Waals surface area contributed by atoms with E-state index in [-0.39, 0.29) is 6.10 Å². The Balaban J connectivity index is 0.000000890. The number of nitrogens with one attached hydrogen (secondary N) is 1. The number of carboxylic acids is 2.